The summed E-state index contributed by atoms with van der Waals surface area (Å²) >= 11 is 0. The summed E-state index contributed by atoms with van der Waals surface area (Å²) in [4.78, 5) is 6.84. The molecule has 1 fully saturated rings. The van der Waals surface area contributed by atoms with Gasteiger partial charge in [0.25, 0.3) is 0 Å². The van der Waals surface area contributed by atoms with Crippen molar-refractivity contribution in [2.45, 2.75) is 25.4 Å². The summed E-state index contributed by atoms with van der Waals surface area (Å²) < 4.78 is 0. The molecule has 92 valence electrons. The van der Waals surface area contributed by atoms with Crippen LogP contribution in [0.2, 0.25) is 0 Å². The molecule has 0 spiro atoms. The van der Waals surface area contributed by atoms with Crippen LogP contribution in [0.15, 0.2) is 48.7 Å². The number of nitrogen functional groups attached to an aromatic ring is 1. The fraction of sp³-hybridized carbons (Fsp3) is 0.267. The molecule has 0 saturated heterocycles. The third kappa shape index (κ3) is 2.45. The second-order valence-corrected chi connectivity index (χ2v) is 4.79. The smallest absolute Gasteiger partial charge is 0.129 e. The number of rotatable bonds is 4. The number of nitrogens with two attached hydrogens (primary N) is 1. The van der Waals surface area contributed by atoms with Gasteiger partial charge >= 0.3 is 0 Å². The van der Waals surface area contributed by atoms with Crippen LogP contribution in [0.1, 0.15) is 18.4 Å². The number of hydrogen-bond acceptors (Lipinski definition) is 3. The van der Waals surface area contributed by atoms with Crippen LogP contribution in [0.25, 0.3) is 0 Å². The summed E-state index contributed by atoms with van der Waals surface area (Å²) in [6.45, 7) is 0.905. The topological polar surface area (TPSA) is 42.1 Å². The summed E-state index contributed by atoms with van der Waals surface area (Å²) in [5.41, 5.74) is 7.81. The molecule has 1 aliphatic carbocycles. The first-order chi connectivity index (χ1) is 8.83. The average Bonchev–Trinajstić information content (AvgIpc) is 3.23. The summed E-state index contributed by atoms with van der Waals surface area (Å²) in [5.74, 6) is 1.07. The lowest BCUT2D eigenvalue weighted by Gasteiger charge is -2.23. The van der Waals surface area contributed by atoms with Gasteiger partial charge in [0, 0.05) is 24.5 Å². The van der Waals surface area contributed by atoms with Crippen LogP contribution in [-0.2, 0) is 6.54 Å². The van der Waals surface area contributed by atoms with Crippen LogP contribution in [0, 0.1) is 0 Å². The number of aromatic nitrogens is 1. The molecule has 0 bridgehead atoms. The first-order valence-corrected chi connectivity index (χ1v) is 6.35. The van der Waals surface area contributed by atoms with Gasteiger partial charge in [-0.2, -0.15) is 0 Å². The quantitative estimate of drug-likeness (QED) is 0.834. The van der Waals surface area contributed by atoms with Crippen LogP contribution in [0.4, 0.5) is 11.5 Å². The van der Waals surface area contributed by atoms with Crippen LogP contribution >= 0.6 is 0 Å². The van der Waals surface area contributed by atoms with Crippen molar-refractivity contribution in [1.29, 1.82) is 0 Å². The van der Waals surface area contributed by atoms with Crippen LogP contribution < -0.4 is 10.6 Å². The number of benzene rings is 1. The third-order valence-electron chi connectivity index (χ3n) is 3.26. The number of anilines is 2. The summed E-state index contributed by atoms with van der Waals surface area (Å²) in [6, 6.07) is 14.8. The fourth-order valence-corrected chi connectivity index (χ4v) is 2.13. The number of pyridine rings is 1. The molecule has 0 aliphatic heterocycles. The van der Waals surface area contributed by atoms with E-state index in [1.807, 2.05) is 30.5 Å². The molecule has 0 radical (unpaired) electrons. The van der Waals surface area contributed by atoms with Gasteiger partial charge in [-0.05, 0) is 42.7 Å². The monoisotopic (exact) mass is 239 g/mol. The van der Waals surface area contributed by atoms with Crippen molar-refractivity contribution >= 4 is 11.5 Å². The molecule has 2 aromatic rings. The van der Waals surface area contributed by atoms with Crippen molar-refractivity contribution in [2.24, 2.45) is 0 Å². The van der Waals surface area contributed by atoms with E-state index in [1.54, 1.807) is 0 Å². The molecular weight excluding hydrogens is 222 g/mol. The molecule has 0 unspecified atom stereocenters. The highest BCUT2D eigenvalue weighted by atomic mass is 15.2. The van der Waals surface area contributed by atoms with Gasteiger partial charge in [0.15, 0.2) is 0 Å². The van der Waals surface area contributed by atoms with E-state index in [9.17, 15) is 0 Å². The minimum atomic E-state index is 0.650. The summed E-state index contributed by atoms with van der Waals surface area (Å²) in [5, 5.41) is 0. The van der Waals surface area contributed by atoms with Crippen molar-refractivity contribution in [3.8, 4) is 0 Å². The van der Waals surface area contributed by atoms with Gasteiger partial charge in [-0.15, -0.1) is 0 Å². The van der Waals surface area contributed by atoms with Gasteiger partial charge < -0.3 is 10.6 Å². The maximum absolute atomic E-state index is 5.71. The van der Waals surface area contributed by atoms with E-state index in [-0.39, 0.29) is 0 Å². The minimum absolute atomic E-state index is 0.650. The minimum Gasteiger partial charge on any atom is -0.399 e. The molecule has 1 aliphatic rings. The highest BCUT2D eigenvalue weighted by Crippen LogP contribution is 2.31. The maximum Gasteiger partial charge on any atom is 0.129 e. The molecule has 1 aromatic carbocycles. The van der Waals surface area contributed by atoms with E-state index in [1.165, 1.54) is 18.4 Å². The third-order valence-corrected chi connectivity index (χ3v) is 3.26. The van der Waals surface area contributed by atoms with E-state index in [0.29, 0.717) is 6.04 Å². The van der Waals surface area contributed by atoms with Crippen molar-refractivity contribution in [3.05, 3.63) is 54.2 Å². The van der Waals surface area contributed by atoms with Gasteiger partial charge in [-0.1, -0.05) is 18.2 Å². The summed E-state index contributed by atoms with van der Waals surface area (Å²) in [6.07, 6.45) is 4.39. The van der Waals surface area contributed by atoms with E-state index in [2.05, 4.69) is 28.1 Å². The van der Waals surface area contributed by atoms with E-state index in [4.69, 9.17) is 5.73 Å². The molecular formula is C15H17N3. The van der Waals surface area contributed by atoms with Gasteiger partial charge in [0.05, 0.1) is 0 Å². The van der Waals surface area contributed by atoms with E-state index >= 15 is 0 Å². The Kier molecular flexibility index (Phi) is 2.89. The zero-order valence-electron chi connectivity index (χ0n) is 10.3. The predicted octanol–water partition coefficient (Wildman–Crippen LogP) is 2.83. The van der Waals surface area contributed by atoms with Gasteiger partial charge in [-0.25, -0.2) is 4.98 Å². The molecule has 3 nitrogen and oxygen atoms in total. The Morgan fingerprint density at radius 2 is 1.89 bits per heavy atom. The second kappa shape index (κ2) is 4.69. The lowest BCUT2D eigenvalue weighted by molar-refractivity contribution is 0.778. The normalized spacial score (nSPS) is 14.4. The van der Waals surface area contributed by atoms with Crippen molar-refractivity contribution in [2.75, 3.05) is 10.6 Å². The largest absolute Gasteiger partial charge is 0.399 e. The Labute approximate surface area is 107 Å². The number of hydrogen-bond donors (Lipinski definition) is 1. The van der Waals surface area contributed by atoms with Crippen LogP contribution in [-0.4, -0.2) is 11.0 Å². The van der Waals surface area contributed by atoms with E-state index in [0.717, 1.165) is 18.1 Å². The van der Waals surface area contributed by atoms with E-state index < -0.39 is 0 Å². The summed E-state index contributed by atoms with van der Waals surface area (Å²) in [7, 11) is 0. The van der Waals surface area contributed by atoms with Gasteiger partial charge in [0.1, 0.15) is 5.82 Å². The predicted molar refractivity (Wildman–Crippen MR) is 74.3 cm³/mol. The van der Waals surface area contributed by atoms with Crippen molar-refractivity contribution in [1.82, 2.24) is 4.98 Å². The Morgan fingerprint density at radius 1 is 1.11 bits per heavy atom. The zero-order chi connectivity index (χ0) is 12.4. The fourth-order valence-electron chi connectivity index (χ4n) is 2.13. The molecule has 1 saturated carbocycles. The molecule has 18 heavy (non-hydrogen) atoms. The first kappa shape index (κ1) is 11.1. The highest BCUT2D eigenvalue weighted by Gasteiger charge is 2.29. The lowest BCUT2D eigenvalue weighted by Crippen LogP contribution is -2.25. The maximum atomic E-state index is 5.71. The molecule has 3 rings (SSSR count). The molecule has 2 N–H and O–H groups in total. The zero-order valence-corrected chi connectivity index (χ0v) is 10.3. The van der Waals surface area contributed by atoms with Gasteiger partial charge in [-0.3, -0.25) is 0 Å². The molecule has 0 atom stereocenters. The Bertz CT molecular complexity index is 503. The average molecular weight is 239 g/mol. The Balaban J connectivity index is 1.81. The van der Waals surface area contributed by atoms with Gasteiger partial charge in [0.2, 0.25) is 0 Å². The molecule has 0 amide bonds. The Hall–Kier alpha value is -2.03. The molecule has 1 aromatic heterocycles. The van der Waals surface area contributed by atoms with Crippen LogP contribution in [0.5, 0.6) is 0 Å². The lowest BCUT2D eigenvalue weighted by atomic mass is 10.2. The molecule has 3 heteroatoms. The first-order valence-electron chi connectivity index (χ1n) is 6.35. The number of nitrogens with zero attached hydrogens (tertiary/aromatic N) is 2. The van der Waals surface area contributed by atoms with Crippen molar-refractivity contribution < 1.29 is 0 Å². The Morgan fingerprint density at radius 3 is 2.50 bits per heavy atom. The highest BCUT2D eigenvalue weighted by molar-refractivity contribution is 5.44. The van der Waals surface area contributed by atoms with Crippen molar-refractivity contribution in [3.63, 3.8) is 0 Å². The molecule has 1 heterocycles. The van der Waals surface area contributed by atoms with Crippen LogP contribution in [0.3, 0.4) is 0 Å². The second-order valence-electron chi connectivity index (χ2n) is 4.79. The standard InChI is InChI=1S/C15H17N3/c16-13-6-4-12(5-7-13)11-18(14-8-9-14)15-3-1-2-10-17-15/h1-7,10,14H,8-9,11,16H2. The SMILES string of the molecule is Nc1ccc(CN(c2ccccn2)C2CC2)cc1.